The third kappa shape index (κ3) is 7.08. The molecule has 3 rings (SSSR count). The largest absolute Gasteiger partial charge is 0.391 e. The Balaban J connectivity index is 1.86. The van der Waals surface area contributed by atoms with Crippen LogP contribution in [0.5, 0.6) is 0 Å². The standard InChI is InChI=1S/C23H45N5O12/c1-6(25)17-15(34)16(35)23(37-17)40-20-12(31)9(28-21(36)10(30)3-4-24)5-8(26)19(20)39-22-11(27)13(32)14(33)18(38-22)7(2)29/h6-20,22-23,29-35H,3-5,24-27H2,1-2H3,(H,28,36)/t6-,7-,8?,9?,10+,11?,12?,13?,14?,15?,16?,17?,18?,19?,20?,22?,23?/m1/s1. The smallest absolute Gasteiger partial charge is 0.249 e. The van der Waals surface area contributed by atoms with Crippen molar-refractivity contribution in [1.82, 2.24) is 5.32 Å². The van der Waals surface area contributed by atoms with Crippen molar-refractivity contribution in [2.24, 2.45) is 22.9 Å². The van der Waals surface area contributed by atoms with E-state index in [1.54, 1.807) is 6.92 Å². The SMILES string of the molecule is C[C@@H](N)C1OC(OC2C(O)C(NC(=O)[C@@H](O)CCN)CC(N)C2OC2OC([C@@H](C)O)C(O)C(O)C2N)C(O)C1O. The first kappa shape index (κ1) is 33.4. The maximum Gasteiger partial charge on any atom is 0.249 e. The summed E-state index contributed by atoms with van der Waals surface area (Å²) >= 11 is 0. The first-order chi connectivity index (χ1) is 18.7. The number of aliphatic hydroxyl groups excluding tert-OH is 7. The normalized spacial score (nSPS) is 46.5. The van der Waals surface area contributed by atoms with Gasteiger partial charge in [-0.15, -0.1) is 0 Å². The molecule has 0 aromatic carbocycles. The molecule has 14 unspecified atom stereocenters. The van der Waals surface area contributed by atoms with Gasteiger partial charge in [-0.1, -0.05) is 0 Å². The number of aliphatic hydroxyl groups is 7. The van der Waals surface area contributed by atoms with E-state index < -0.39 is 110 Å². The highest BCUT2D eigenvalue weighted by Crippen LogP contribution is 2.33. The zero-order chi connectivity index (χ0) is 30.0. The van der Waals surface area contributed by atoms with Crippen molar-refractivity contribution in [3.05, 3.63) is 0 Å². The fraction of sp³-hybridized carbons (Fsp3) is 0.957. The second-order valence-electron chi connectivity index (χ2n) is 10.9. The summed E-state index contributed by atoms with van der Waals surface area (Å²) in [5, 5.41) is 75.4. The Morgan fingerprint density at radius 3 is 2.02 bits per heavy atom. The van der Waals surface area contributed by atoms with E-state index in [-0.39, 0.29) is 19.4 Å². The van der Waals surface area contributed by atoms with Crippen LogP contribution in [-0.2, 0) is 23.7 Å². The minimum absolute atomic E-state index is 0.0272. The Labute approximate surface area is 231 Å². The lowest BCUT2D eigenvalue weighted by Gasteiger charge is -2.48. The molecule has 2 aliphatic heterocycles. The van der Waals surface area contributed by atoms with Crippen LogP contribution in [0, 0.1) is 0 Å². The Bertz CT molecular complexity index is 829. The minimum atomic E-state index is -1.58. The van der Waals surface area contributed by atoms with Gasteiger partial charge in [-0.2, -0.15) is 0 Å². The van der Waals surface area contributed by atoms with E-state index in [1.807, 2.05) is 0 Å². The van der Waals surface area contributed by atoms with Crippen molar-refractivity contribution in [2.75, 3.05) is 6.54 Å². The van der Waals surface area contributed by atoms with Crippen molar-refractivity contribution in [3.8, 4) is 0 Å². The van der Waals surface area contributed by atoms with Crippen LogP contribution in [-0.4, -0.2) is 152 Å². The molecule has 40 heavy (non-hydrogen) atoms. The van der Waals surface area contributed by atoms with Crippen molar-refractivity contribution >= 4 is 5.91 Å². The fourth-order valence-electron chi connectivity index (χ4n) is 5.24. The lowest BCUT2D eigenvalue weighted by Crippen LogP contribution is -2.69. The number of amides is 1. The molecule has 234 valence electrons. The summed E-state index contributed by atoms with van der Waals surface area (Å²) in [4.78, 5) is 12.5. The molecule has 2 heterocycles. The zero-order valence-electron chi connectivity index (χ0n) is 22.4. The van der Waals surface area contributed by atoms with Gasteiger partial charge in [0.05, 0.1) is 18.2 Å². The molecule has 0 aromatic rings. The molecular weight excluding hydrogens is 538 g/mol. The van der Waals surface area contributed by atoms with Gasteiger partial charge in [0.25, 0.3) is 0 Å². The summed E-state index contributed by atoms with van der Waals surface area (Å²) in [6.45, 7) is 2.93. The van der Waals surface area contributed by atoms with Crippen LogP contribution in [0.25, 0.3) is 0 Å². The predicted octanol–water partition coefficient (Wildman–Crippen LogP) is -7.01. The van der Waals surface area contributed by atoms with Gasteiger partial charge in [-0.05, 0) is 33.2 Å². The van der Waals surface area contributed by atoms with Crippen LogP contribution in [0.3, 0.4) is 0 Å². The summed E-state index contributed by atoms with van der Waals surface area (Å²) in [5.41, 5.74) is 23.7. The summed E-state index contributed by atoms with van der Waals surface area (Å²) in [6, 6.07) is -4.07. The van der Waals surface area contributed by atoms with Gasteiger partial charge in [0.1, 0.15) is 61.0 Å². The Kier molecular flexibility index (Phi) is 11.6. The second-order valence-corrected chi connectivity index (χ2v) is 10.9. The Hall–Kier alpha value is -1.13. The first-order valence-corrected chi connectivity index (χ1v) is 13.3. The average Bonchev–Trinajstić information content (AvgIpc) is 3.17. The highest BCUT2D eigenvalue weighted by Gasteiger charge is 2.53. The third-order valence-electron chi connectivity index (χ3n) is 7.61. The molecule has 3 aliphatic rings. The number of nitrogens with two attached hydrogens (primary N) is 4. The lowest BCUT2D eigenvalue weighted by molar-refractivity contribution is -0.315. The van der Waals surface area contributed by atoms with Crippen LogP contribution in [0.1, 0.15) is 26.7 Å². The number of hydrogen-bond acceptors (Lipinski definition) is 16. The maximum atomic E-state index is 12.5. The highest BCUT2D eigenvalue weighted by atomic mass is 16.7. The molecule has 1 saturated carbocycles. The lowest BCUT2D eigenvalue weighted by atomic mass is 9.83. The van der Waals surface area contributed by atoms with E-state index in [9.17, 15) is 40.5 Å². The van der Waals surface area contributed by atoms with E-state index in [4.69, 9.17) is 41.9 Å². The minimum Gasteiger partial charge on any atom is -0.391 e. The van der Waals surface area contributed by atoms with E-state index >= 15 is 0 Å². The van der Waals surface area contributed by atoms with Gasteiger partial charge in [0, 0.05) is 12.1 Å². The third-order valence-corrected chi connectivity index (χ3v) is 7.61. The molecule has 17 atom stereocenters. The van der Waals surface area contributed by atoms with Gasteiger partial charge in [-0.3, -0.25) is 4.79 Å². The van der Waals surface area contributed by atoms with Gasteiger partial charge in [0.15, 0.2) is 12.6 Å². The van der Waals surface area contributed by atoms with Gasteiger partial charge < -0.3 is 82.9 Å². The predicted molar refractivity (Wildman–Crippen MR) is 135 cm³/mol. The van der Waals surface area contributed by atoms with E-state index in [0.29, 0.717) is 0 Å². The van der Waals surface area contributed by atoms with Crippen LogP contribution >= 0.6 is 0 Å². The Morgan fingerprint density at radius 2 is 1.48 bits per heavy atom. The number of rotatable bonds is 10. The molecule has 0 bridgehead atoms. The van der Waals surface area contributed by atoms with Crippen molar-refractivity contribution in [1.29, 1.82) is 0 Å². The maximum absolute atomic E-state index is 12.5. The molecule has 0 spiro atoms. The topological polar surface area (TPSA) is 312 Å². The van der Waals surface area contributed by atoms with E-state index in [2.05, 4.69) is 5.32 Å². The molecule has 2 saturated heterocycles. The first-order valence-electron chi connectivity index (χ1n) is 13.3. The van der Waals surface area contributed by atoms with Gasteiger partial charge in [0.2, 0.25) is 5.91 Å². The molecule has 0 aromatic heterocycles. The summed E-state index contributed by atoms with van der Waals surface area (Å²) < 4.78 is 23.1. The highest BCUT2D eigenvalue weighted by molar-refractivity contribution is 5.80. The number of hydrogen-bond donors (Lipinski definition) is 12. The van der Waals surface area contributed by atoms with Crippen LogP contribution in [0.15, 0.2) is 0 Å². The fourth-order valence-corrected chi connectivity index (χ4v) is 5.24. The molecule has 3 fully saturated rings. The van der Waals surface area contributed by atoms with Crippen molar-refractivity contribution in [2.45, 2.75) is 131 Å². The molecule has 17 heteroatoms. The van der Waals surface area contributed by atoms with Crippen LogP contribution < -0.4 is 28.3 Å². The molecule has 0 radical (unpaired) electrons. The molecular formula is C23H45N5O12. The number of ether oxygens (including phenoxy) is 4. The van der Waals surface area contributed by atoms with Gasteiger partial charge in [-0.25, -0.2) is 0 Å². The zero-order valence-corrected chi connectivity index (χ0v) is 22.4. The number of carbonyl (C=O) groups is 1. The molecule has 16 N–H and O–H groups in total. The van der Waals surface area contributed by atoms with E-state index in [0.717, 1.165) is 0 Å². The summed E-state index contributed by atoms with van der Waals surface area (Å²) in [5.74, 6) is -0.807. The molecule has 1 amide bonds. The Morgan fingerprint density at radius 1 is 0.900 bits per heavy atom. The van der Waals surface area contributed by atoms with Crippen molar-refractivity contribution in [3.63, 3.8) is 0 Å². The number of carbonyl (C=O) groups excluding carboxylic acids is 1. The van der Waals surface area contributed by atoms with Crippen LogP contribution in [0.4, 0.5) is 0 Å². The average molecular weight is 584 g/mol. The summed E-state index contributed by atoms with van der Waals surface area (Å²) in [7, 11) is 0. The molecule has 17 nitrogen and oxygen atoms in total. The molecule has 1 aliphatic carbocycles. The second kappa shape index (κ2) is 13.9. The monoisotopic (exact) mass is 583 g/mol. The van der Waals surface area contributed by atoms with Crippen LogP contribution in [0.2, 0.25) is 0 Å². The van der Waals surface area contributed by atoms with Gasteiger partial charge >= 0.3 is 0 Å². The summed E-state index contributed by atoms with van der Waals surface area (Å²) in [6.07, 6.45) is -18.4. The quantitative estimate of drug-likeness (QED) is 0.114. The van der Waals surface area contributed by atoms with Crippen molar-refractivity contribution < 1.29 is 59.5 Å². The van der Waals surface area contributed by atoms with E-state index in [1.165, 1.54) is 6.92 Å². The number of nitrogens with one attached hydrogen (secondary N) is 1.